The van der Waals surface area contributed by atoms with Crippen LogP contribution in [0.1, 0.15) is 0 Å². The summed E-state index contributed by atoms with van der Waals surface area (Å²) in [5.41, 5.74) is 0. The largest absolute Gasteiger partial charge is 0.503 e. The molecule has 0 bridgehead atoms. The van der Waals surface area contributed by atoms with E-state index in [4.69, 9.17) is 30.0 Å². The molecule has 0 aliphatic carbocycles. The summed E-state index contributed by atoms with van der Waals surface area (Å²) in [5.74, 6) is 0. The normalized spacial score (nSPS) is 5.33. The third-order valence-corrected chi connectivity index (χ3v) is 0. The SMILES string of the molecule is O=C(O)O.O=C(O)O.[Ti]. The Morgan fingerprint density at radius 2 is 0.778 bits per heavy atom. The fraction of sp³-hybridized carbons (Fsp3) is 0. The van der Waals surface area contributed by atoms with Crippen LogP contribution in [0.3, 0.4) is 0 Å². The molecule has 52 valence electrons. The van der Waals surface area contributed by atoms with Crippen LogP contribution in [0.25, 0.3) is 0 Å². The molecule has 0 saturated heterocycles. The van der Waals surface area contributed by atoms with Crippen LogP contribution in [0, 0.1) is 0 Å². The van der Waals surface area contributed by atoms with Gasteiger partial charge in [-0.1, -0.05) is 0 Å². The first-order chi connectivity index (χ1) is 3.46. The van der Waals surface area contributed by atoms with E-state index in [1.54, 1.807) is 0 Å². The van der Waals surface area contributed by atoms with E-state index in [0.29, 0.717) is 0 Å². The van der Waals surface area contributed by atoms with E-state index in [9.17, 15) is 0 Å². The van der Waals surface area contributed by atoms with E-state index in [1.165, 1.54) is 0 Å². The van der Waals surface area contributed by atoms with E-state index in [1.807, 2.05) is 0 Å². The van der Waals surface area contributed by atoms with Crippen molar-refractivity contribution in [3.8, 4) is 0 Å². The number of hydrogen-bond donors (Lipinski definition) is 4. The fourth-order valence-electron chi connectivity index (χ4n) is 0. The van der Waals surface area contributed by atoms with Crippen molar-refractivity contribution in [3.63, 3.8) is 0 Å². The second-order valence-corrected chi connectivity index (χ2v) is 0.565. The van der Waals surface area contributed by atoms with Crippen LogP contribution in [0.15, 0.2) is 0 Å². The molecule has 4 N–H and O–H groups in total. The number of rotatable bonds is 0. The smallest absolute Gasteiger partial charge is 0.450 e. The summed E-state index contributed by atoms with van der Waals surface area (Å²) in [4.78, 5) is 17.1. The minimum atomic E-state index is -1.83. The molecule has 0 aromatic heterocycles. The molecule has 0 aliphatic rings. The summed E-state index contributed by atoms with van der Waals surface area (Å²) >= 11 is 0. The minimum absolute atomic E-state index is 0. The first-order valence-electron chi connectivity index (χ1n) is 1.30. The summed E-state index contributed by atoms with van der Waals surface area (Å²) in [5, 5.41) is 27.9. The third kappa shape index (κ3) is 360. The molecule has 0 atom stereocenters. The zero-order chi connectivity index (χ0) is 7.15. The average molecular weight is 172 g/mol. The summed E-state index contributed by atoms with van der Waals surface area (Å²) in [6.45, 7) is 0. The predicted octanol–water partition coefficient (Wildman–Crippen LogP) is 0.442. The van der Waals surface area contributed by atoms with Crippen LogP contribution in [0.4, 0.5) is 9.59 Å². The van der Waals surface area contributed by atoms with Crippen LogP contribution in [-0.2, 0) is 21.7 Å². The Bertz CT molecular complexity index is 69.1. The molecule has 0 rings (SSSR count). The zero-order valence-corrected chi connectivity index (χ0v) is 5.67. The van der Waals surface area contributed by atoms with E-state index in [2.05, 4.69) is 0 Å². The Labute approximate surface area is 64.6 Å². The molecule has 0 amide bonds. The van der Waals surface area contributed by atoms with Gasteiger partial charge in [0.15, 0.2) is 0 Å². The molecule has 0 aliphatic heterocycles. The molecule has 0 fully saturated rings. The van der Waals surface area contributed by atoms with Crippen molar-refractivity contribution in [2.24, 2.45) is 0 Å². The van der Waals surface area contributed by atoms with Crippen LogP contribution < -0.4 is 0 Å². The predicted molar refractivity (Wildman–Crippen MR) is 21.3 cm³/mol. The van der Waals surface area contributed by atoms with Gasteiger partial charge >= 0.3 is 12.3 Å². The topological polar surface area (TPSA) is 115 Å². The number of carbonyl (C=O) groups is 2. The summed E-state index contributed by atoms with van der Waals surface area (Å²) in [6, 6.07) is 0. The molecule has 0 spiro atoms. The van der Waals surface area contributed by atoms with Gasteiger partial charge in [0, 0.05) is 21.7 Å². The van der Waals surface area contributed by atoms with Gasteiger partial charge in [0.1, 0.15) is 0 Å². The molecular weight excluding hydrogens is 168 g/mol. The fourth-order valence-corrected chi connectivity index (χ4v) is 0. The molecule has 0 radical (unpaired) electrons. The van der Waals surface area contributed by atoms with E-state index in [-0.39, 0.29) is 21.7 Å². The molecule has 0 heterocycles. The van der Waals surface area contributed by atoms with Gasteiger partial charge in [-0.2, -0.15) is 0 Å². The van der Waals surface area contributed by atoms with Crippen molar-refractivity contribution in [2.45, 2.75) is 0 Å². The summed E-state index contributed by atoms with van der Waals surface area (Å²) < 4.78 is 0. The quantitative estimate of drug-likeness (QED) is 0.394. The first-order valence-corrected chi connectivity index (χ1v) is 1.30. The molecule has 7 heteroatoms. The molecule has 0 saturated carbocycles. The molecule has 0 aromatic rings. The Morgan fingerprint density at radius 3 is 0.778 bits per heavy atom. The van der Waals surface area contributed by atoms with Gasteiger partial charge in [-0.15, -0.1) is 0 Å². The van der Waals surface area contributed by atoms with Gasteiger partial charge < -0.3 is 20.4 Å². The van der Waals surface area contributed by atoms with E-state index < -0.39 is 12.3 Å². The van der Waals surface area contributed by atoms with Gasteiger partial charge in [-0.05, 0) is 0 Å². The Morgan fingerprint density at radius 1 is 0.778 bits per heavy atom. The van der Waals surface area contributed by atoms with Crippen molar-refractivity contribution in [2.75, 3.05) is 0 Å². The van der Waals surface area contributed by atoms with Crippen molar-refractivity contribution >= 4 is 12.3 Å². The number of carboxylic acid groups (broad SMARTS) is 4. The Hall–Kier alpha value is -0.746. The molecular formula is C2H4O6Ti. The molecule has 9 heavy (non-hydrogen) atoms. The summed E-state index contributed by atoms with van der Waals surface area (Å²) in [7, 11) is 0. The number of hydrogen-bond acceptors (Lipinski definition) is 2. The van der Waals surface area contributed by atoms with Gasteiger partial charge in [0.05, 0.1) is 0 Å². The van der Waals surface area contributed by atoms with Crippen LogP contribution in [0.5, 0.6) is 0 Å². The first kappa shape index (κ1) is 15.7. The van der Waals surface area contributed by atoms with Gasteiger partial charge in [0.2, 0.25) is 0 Å². The maximum Gasteiger partial charge on any atom is 0.503 e. The summed E-state index contributed by atoms with van der Waals surface area (Å²) in [6.07, 6.45) is -3.67. The van der Waals surface area contributed by atoms with Crippen LogP contribution >= 0.6 is 0 Å². The average Bonchev–Trinajstić information content (AvgIpc) is 1.25. The van der Waals surface area contributed by atoms with Crippen molar-refractivity contribution in [1.29, 1.82) is 0 Å². The second-order valence-electron chi connectivity index (χ2n) is 0.565. The maximum absolute atomic E-state index is 8.56. The van der Waals surface area contributed by atoms with Crippen LogP contribution in [-0.4, -0.2) is 32.7 Å². The maximum atomic E-state index is 8.56. The van der Waals surface area contributed by atoms with Crippen LogP contribution in [0.2, 0.25) is 0 Å². The second kappa shape index (κ2) is 10.3. The monoisotopic (exact) mass is 172 g/mol. The van der Waals surface area contributed by atoms with E-state index in [0.717, 1.165) is 0 Å². The van der Waals surface area contributed by atoms with E-state index >= 15 is 0 Å². The zero-order valence-electron chi connectivity index (χ0n) is 4.11. The third-order valence-electron chi connectivity index (χ3n) is 0. The van der Waals surface area contributed by atoms with Crippen molar-refractivity contribution < 1.29 is 51.7 Å². The van der Waals surface area contributed by atoms with Crippen molar-refractivity contribution in [1.82, 2.24) is 0 Å². The van der Waals surface area contributed by atoms with Gasteiger partial charge in [-0.25, -0.2) is 9.59 Å². The van der Waals surface area contributed by atoms with Gasteiger partial charge in [-0.3, -0.25) is 0 Å². The van der Waals surface area contributed by atoms with Crippen molar-refractivity contribution in [3.05, 3.63) is 0 Å². The molecule has 6 nitrogen and oxygen atoms in total. The standard InChI is InChI=1S/2CH2O3.Ti/c2*2-1(3)4;/h2*(H2,2,3,4);. The molecule has 0 aromatic carbocycles. The van der Waals surface area contributed by atoms with Gasteiger partial charge in [0.25, 0.3) is 0 Å². The molecule has 0 unspecified atom stereocenters. The minimum Gasteiger partial charge on any atom is -0.450 e. The Balaban J connectivity index is -0.0000000720. The Kier molecular flexibility index (Phi) is 18.0.